The number of benzene rings is 1. The van der Waals surface area contributed by atoms with Crippen molar-refractivity contribution in [2.45, 2.75) is 53.3 Å². The quantitative estimate of drug-likeness (QED) is 0.265. The van der Waals surface area contributed by atoms with E-state index < -0.39 is 0 Å². The van der Waals surface area contributed by atoms with Crippen molar-refractivity contribution in [1.82, 2.24) is 25.2 Å². The Morgan fingerprint density at radius 1 is 1.17 bits per heavy atom. The highest BCUT2D eigenvalue weighted by Crippen LogP contribution is 2.23. The van der Waals surface area contributed by atoms with Gasteiger partial charge in [0.15, 0.2) is 17.4 Å². The number of rotatable bonds is 8. The smallest absolute Gasteiger partial charge is 0.191 e. The molecule has 2 heterocycles. The van der Waals surface area contributed by atoms with Gasteiger partial charge in [-0.25, -0.2) is 4.99 Å². The largest absolute Gasteiger partial charge is 0.490 e. The zero-order valence-corrected chi connectivity index (χ0v) is 20.4. The number of halogens is 1. The molecule has 0 amide bonds. The normalized spacial score (nSPS) is 12.3. The van der Waals surface area contributed by atoms with Crippen LogP contribution in [0.1, 0.15) is 44.1 Å². The lowest BCUT2D eigenvalue weighted by Gasteiger charge is -2.17. The van der Waals surface area contributed by atoms with Crippen LogP contribution in [-0.2, 0) is 13.1 Å². The summed E-state index contributed by atoms with van der Waals surface area (Å²) in [6.45, 7) is 10.2. The predicted octanol–water partition coefficient (Wildman–Crippen LogP) is 4.09. The second kappa shape index (κ2) is 11.7. The zero-order valence-electron chi connectivity index (χ0n) is 18.1. The number of guanidine groups is 1. The Morgan fingerprint density at radius 2 is 2.00 bits per heavy atom. The second-order valence-electron chi connectivity index (χ2n) is 7.04. The molecule has 0 saturated heterocycles. The number of aliphatic imine (C=N–C) groups is 1. The van der Waals surface area contributed by atoms with Gasteiger partial charge in [0, 0.05) is 18.3 Å². The van der Waals surface area contributed by atoms with Crippen molar-refractivity contribution in [2.75, 3.05) is 6.54 Å². The van der Waals surface area contributed by atoms with Crippen molar-refractivity contribution in [3.63, 3.8) is 0 Å². The third kappa shape index (κ3) is 6.32. The fourth-order valence-corrected chi connectivity index (χ4v) is 2.88. The average molecular weight is 522 g/mol. The summed E-state index contributed by atoms with van der Waals surface area (Å²) in [4.78, 5) is 4.74. The van der Waals surface area contributed by atoms with Gasteiger partial charge in [-0.2, -0.15) is 0 Å². The van der Waals surface area contributed by atoms with Crippen LogP contribution in [0.2, 0.25) is 0 Å². The summed E-state index contributed by atoms with van der Waals surface area (Å²) in [6.07, 6.45) is 3.10. The molecule has 3 rings (SSSR count). The van der Waals surface area contributed by atoms with Crippen molar-refractivity contribution < 1.29 is 4.74 Å². The van der Waals surface area contributed by atoms with Gasteiger partial charge in [-0.05, 0) is 51.0 Å². The minimum Gasteiger partial charge on any atom is -0.490 e. The van der Waals surface area contributed by atoms with Crippen LogP contribution in [0.5, 0.6) is 5.75 Å². The topological polar surface area (TPSA) is 75.8 Å². The standard InChI is InChI=1S/C22H30N6O.HI/c1-5-17(4)29-19-13-16(3)10-11-18(19)14-24-22(23-6-2)25-15-21-27-26-20-9-7-8-12-28(20)21;/h7-13,17H,5-6,14-15H2,1-4H3,(H2,23,24,25);1H. The first-order chi connectivity index (χ1) is 14.1. The molecule has 0 aliphatic carbocycles. The Morgan fingerprint density at radius 3 is 2.77 bits per heavy atom. The van der Waals surface area contributed by atoms with E-state index in [1.54, 1.807) is 0 Å². The molecular formula is C22H31IN6O. The van der Waals surface area contributed by atoms with Crippen LogP contribution in [0.4, 0.5) is 0 Å². The minimum absolute atomic E-state index is 0. The number of hydrogen-bond acceptors (Lipinski definition) is 4. The number of aryl methyl sites for hydroxylation is 1. The Kier molecular flexibility index (Phi) is 9.35. The van der Waals surface area contributed by atoms with Crippen molar-refractivity contribution in [3.05, 3.63) is 59.5 Å². The number of nitrogens with zero attached hydrogens (tertiary/aromatic N) is 4. The first kappa shape index (κ1) is 23.9. The molecule has 0 spiro atoms. The maximum Gasteiger partial charge on any atom is 0.191 e. The van der Waals surface area contributed by atoms with E-state index in [-0.39, 0.29) is 30.1 Å². The van der Waals surface area contributed by atoms with E-state index in [2.05, 4.69) is 59.8 Å². The summed E-state index contributed by atoms with van der Waals surface area (Å²) < 4.78 is 8.07. The molecule has 162 valence electrons. The monoisotopic (exact) mass is 522 g/mol. The molecule has 0 aliphatic heterocycles. The molecule has 8 heteroatoms. The Hall–Kier alpha value is -2.36. The predicted molar refractivity (Wildman–Crippen MR) is 132 cm³/mol. The van der Waals surface area contributed by atoms with Crippen LogP contribution >= 0.6 is 24.0 Å². The van der Waals surface area contributed by atoms with Gasteiger partial charge in [0.05, 0.1) is 19.2 Å². The van der Waals surface area contributed by atoms with E-state index in [4.69, 9.17) is 9.73 Å². The van der Waals surface area contributed by atoms with E-state index in [9.17, 15) is 0 Å². The molecule has 1 atom stereocenters. The Labute approximate surface area is 195 Å². The number of ether oxygens (including phenoxy) is 1. The molecule has 1 aromatic carbocycles. The third-order valence-corrected chi connectivity index (χ3v) is 4.68. The van der Waals surface area contributed by atoms with Crippen LogP contribution < -0.4 is 15.4 Å². The first-order valence-corrected chi connectivity index (χ1v) is 10.2. The average Bonchev–Trinajstić information content (AvgIpc) is 3.14. The van der Waals surface area contributed by atoms with E-state index in [0.717, 1.165) is 41.7 Å². The molecule has 2 N–H and O–H groups in total. The number of hydrogen-bond donors (Lipinski definition) is 2. The first-order valence-electron chi connectivity index (χ1n) is 10.2. The van der Waals surface area contributed by atoms with Crippen LogP contribution in [0.3, 0.4) is 0 Å². The highest BCUT2D eigenvalue weighted by atomic mass is 127. The molecule has 30 heavy (non-hydrogen) atoms. The van der Waals surface area contributed by atoms with E-state index >= 15 is 0 Å². The van der Waals surface area contributed by atoms with Gasteiger partial charge in [0.2, 0.25) is 0 Å². The molecule has 7 nitrogen and oxygen atoms in total. The summed E-state index contributed by atoms with van der Waals surface area (Å²) in [5.41, 5.74) is 3.08. The lowest BCUT2D eigenvalue weighted by molar-refractivity contribution is 0.215. The van der Waals surface area contributed by atoms with Gasteiger partial charge in [0.1, 0.15) is 5.75 Å². The third-order valence-electron chi connectivity index (χ3n) is 4.68. The van der Waals surface area contributed by atoms with Crippen molar-refractivity contribution in [1.29, 1.82) is 0 Å². The lowest BCUT2D eigenvalue weighted by Crippen LogP contribution is -2.37. The molecule has 1 unspecified atom stereocenters. The molecule has 0 fully saturated rings. The number of aromatic nitrogens is 3. The van der Waals surface area contributed by atoms with E-state index in [1.807, 2.05) is 35.7 Å². The van der Waals surface area contributed by atoms with E-state index in [0.29, 0.717) is 13.1 Å². The maximum absolute atomic E-state index is 6.10. The molecule has 0 radical (unpaired) electrons. The number of fused-ring (bicyclic) bond motifs is 1. The van der Waals surface area contributed by atoms with Crippen LogP contribution in [0.15, 0.2) is 47.6 Å². The van der Waals surface area contributed by atoms with Crippen molar-refractivity contribution in [2.24, 2.45) is 4.99 Å². The van der Waals surface area contributed by atoms with Gasteiger partial charge < -0.3 is 15.4 Å². The Balaban J connectivity index is 0.00000320. The van der Waals surface area contributed by atoms with Gasteiger partial charge in [-0.15, -0.1) is 34.2 Å². The maximum atomic E-state index is 6.10. The highest BCUT2D eigenvalue weighted by Gasteiger charge is 2.09. The second-order valence-corrected chi connectivity index (χ2v) is 7.04. The van der Waals surface area contributed by atoms with Gasteiger partial charge in [0.25, 0.3) is 0 Å². The molecule has 3 aromatic rings. The van der Waals surface area contributed by atoms with Gasteiger partial charge in [-0.1, -0.05) is 25.1 Å². The summed E-state index contributed by atoms with van der Waals surface area (Å²) >= 11 is 0. The summed E-state index contributed by atoms with van der Waals surface area (Å²) in [5.74, 6) is 2.47. The summed E-state index contributed by atoms with van der Waals surface area (Å²) in [7, 11) is 0. The van der Waals surface area contributed by atoms with Crippen LogP contribution in [-0.4, -0.2) is 33.2 Å². The molecule has 0 aliphatic rings. The number of nitrogens with one attached hydrogen (secondary N) is 2. The highest BCUT2D eigenvalue weighted by molar-refractivity contribution is 14.0. The molecule has 2 aromatic heterocycles. The van der Waals surface area contributed by atoms with E-state index in [1.165, 1.54) is 5.56 Å². The van der Waals surface area contributed by atoms with Crippen molar-refractivity contribution >= 4 is 35.6 Å². The minimum atomic E-state index is 0. The summed E-state index contributed by atoms with van der Waals surface area (Å²) in [6, 6.07) is 12.1. The Bertz CT molecular complexity index is 971. The lowest BCUT2D eigenvalue weighted by atomic mass is 10.1. The zero-order chi connectivity index (χ0) is 20.6. The SMILES string of the molecule is CCNC(=NCc1ccc(C)cc1OC(C)CC)NCc1nnc2ccccn12.I. The fourth-order valence-electron chi connectivity index (χ4n) is 2.88. The van der Waals surface area contributed by atoms with Gasteiger partial charge in [-0.3, -0.25) is 4.40 Å². The van der Waals surface area contributed by atoms with Crippen LogP contribution in [0.25, 0.3) is 5.65 Å². The fraction of sp³-hybridized carbons (Fsp3) is 0.409. The number of pyridine rings is 1. The van der Waals surface area contributed by atoms with Gasteiger partial charge >= 0.3 is 0 Å². The molecule has 0 saturated carbocycles. The van der Waals surface area contributed by atoms with Crippen molar-refractivity contribution in [3.8, 4) is 5.75 Å². The molecular weight excluding hydrogens is 491 g/mol. The summed E-state index contributed by atoms with van der Waals surface area (Å²) in [5, 5.41) is 15.1. The molecule has 0 bridgehead atoms. The van der Waals surface area contributed by atoms with Crippen LogP contribution in [0, 0.1) is 6.92 Å².